The first-order valence-corrected chi connectivity index (χ1v) is 9.94. The molecule has 0 unspecified atom stereocenters. The molecule has 0 aliphatic carbocycles. The summed E-state index contributed by atoms with van der Waals surface area (Å²) in [5, 5.41) is 2.84. The number of benzene rings is 3. The van der Waals surface area contributed by atoms with Gasteiger partial charge in [0.15, 0.2) is 6.23 Å². The normalized spacial score (nSPS) is 20.2. The lowest BCUT2D eigenvalue weighted by Crippen LogP contribution is -2.43. The number of nitrogens with one attached hydrogen (secondary N) is 1. The highest BCUT2D eigenvalue weighted by atomic mass is 35.5. The first kappa shape index (κ1) is 18.1. The van der Waals surface area contributed by atoms with Crippen LogP contribution in [0.15, 0.2) is 72.8 Å². The van der Waals surface area contributed by atoms with E-state index in [4.69, 9.17) is 21.1 Å². The molecule has 0 aromatic heterocycles. The van der Waals surface area contributed by atoms with Gasteiger partial charge in [0.2, 0.25) is 0 Å². The van der Waals surface area contributed by atoms with Crippen LogP contribution in [-0.4, -0.2) is 12.1 Å². The Kier molecular flexibility index (Phi) is 4.46. The van der Waals surface area contributed by atoms with E-state index in [1.807, 2.05) is 42.5 Å². The molecule has 5 rings (SSSR count). The van der Waals surface area contributed by atoms with Crippen LogP contribution >= 0.6 is 11.6 Å². The standard InChI is InChI=1S/C24H21ClN2O2/c1-15-3-5-16(6-4-15)21-14-22-20-13-18(25)9-12-23(20)29-24(27(22)26-21)17-7-10-19(28-2)11-8-17/h3-14,22,24,26H,1-2H3/t22-,24+/m1/s1. The molecule has 3 aromatic rings. The van der Waals surface area contributed by atoms with Gasteiger partial charge in [0, 0.05) is 16.1 Å². The number of aryl methyl sites for hydroxylation is 1. The van der Waals surface area contributed by atoms with E-state index in [2.05, 4.69) is 47.7 Å². The molecule has 2 aliphatic heterocycles. The molecule has 0 radical (unpaired) electrons. The molecule has 0 saturated carbocycles. The lowest BCUT2D eigenvalue weighted by atomic mass is 10.0. The maximum atomic E-state index is 6.39. The van der Waals surface area contributed by atoms with Gasteiger partial charge >= 0.3 is 0 Å². The molecule has 2 heterocycles. The van der Waals surface area contributed by atoms with Crippen LogP contribution in [0, 0.1) is 6.92 Å². The lowest BCUT2D eigenvalue weighted by Gasteiger charge is -2.39. The predicted molar refractivity (Wildman–Crippen MR) is 115 cm³/mol. The van der Waals surface area contributed by atoms with Gasteiger partial charge in [-0.3, -0.25) is 0 Å². The Hall–Kier alpha value is -2.95. The number of fused-ring (bicyclic) bond motifs is 3. The van der Waals surface area contributed by atoms with Crippen molar-refractivity contribution >= 4 is 17.3 Å². The third-order valence-electron chi connectivity index (χ3n) is 5.42. The predicted octanol–water partition coefficient (Wildman–Crippen LogP) is 5.65. The van der Waals surface area contributed by atoms with Gasteiger partial charge in [-0.1, -0.05) is 53.6 Å². The summed E-state index contributed by atoms with van der Waals surface area (Å²) in [4.78, 5) is 0. The number of nitrogens with zero attached hydrogens (tertiary/aromatic N) is 1. The zero-order chi connectivity index (χ0) is 20.0. The van der Waals surface area contributed by atoms with E-state index < -0.39 is 0 Å². The van der Waals surface area contributed by atoms with Gasteiger partial charge in [0.1, 0.15) is 11.5 Å². The van der Waals surface area contributed by atoms with Gasteiger partial charge in [0.25, 0.3) is 0 Å². The molecule has 3 aromatic carbocycles. The largest absolute Gasteiger partial charge is 0.497 e. The van der Waals surface area contributed by atoms with Gasteiger partial charge in [-0.05, 0) is 48.9 Å². The van der Waals surface area contributed by atoms with Gasteiger partial charge in [-0.25, -0.2) is 0 Å². The average Bonchev–Trinajstić information content (AvgIpc) is 3.20. The van der Waals surface area contributed by atoms with E-state index in [1.54, 1.807) is 7.11 Å². The fraction of sp³-hybridized carbons (Fsp3) is 0.167. The lowest BCUT2D eigenvalue weighted by molar-refractivity contribution is -0.0326. The summed E-state index contributed by atoms with van der Waals surface area (Å²) in [5.41, 5.74) is 9.10. The minimum Gasteiger partial charge on any atom is -0.497 e. The number of methoxy groups -OCH3 is 1. The van der Waals surface area contributed by atoms with Crippen molar-refractivity contribution in [2.45, 2.75) is 19.2 Å². The maximum Gasteiger partial charge on any atom is 0.195 e. The first-order valence-electron chi connectivity index (χ1n) is 9.56. The fourth-order valence-electron chi connectivity index (χ4n) is 3.85. The van der Waals surface area contributed by atoms with Crippen molar-refractivity contribution in [3.05, 3.63) is 100 Å². The van der Waals surface area contributed by atoms with Crippen LogP contribution in [0.2, 0.25) is 5.02 Å². The number of halogens is 1. The Morgan fingerprint density at radius 3 is 2.48 bits per heavy atom. The zero-order valence-electron chi connectivity index (χ0n) is 16.2. The second kappa shape index (κ2) is 7.14. The van der Waals surface area contributed by atoms with Crippen LogP contribution in [0.4, 0.5) is 0 Å². The Balaban J connectivity index is 1.57. The van der Waals surface area contributed by atoms with E-state index in [0.717, 1.165) is 33.9 Å². The van der Waals surface area contributed by atoms with Crippen molar-refractivity contribution in [1.29, 1.82) is 0 Å². The van der Waals surface area contributed by atoms with E-state index in [0.29, 0.717) is 5.02 Å². The van der Waals surface area contributed by atoms with Crippen LogP contribution in [-0.2, 0) is 0 Å². The van der Waals surface area contributed by atoms with Crippen LogP contribution in [0.25, 0.3) is 5.70 Å². The van der Waals surface area contributed by atoms with Gasteiger partial charge in [0.05, 0.1) is 18.8 Å². The summed E-state index contributed by atoms with van der Waals surface area (Å²) in [6.45, 7) is 2.09. The summed E-state index contributed by atoms with van der Waals surface area (Å²) >= 11 is 6.30. The highest BCUT2D eigenvalue weighted by molar-refractivity contribution is 6.30. The monoisotopic (exact) mass is 404 g/mol. The van der Waals surface area contributed by atoms with E-state index in [9.17, 15) is 0 Å². The van der Waals surface area contributed by atoms with Crippen molar-refractivity contribution in [3.8, 4) is 11.5 Å². The summed E-state index contributed by atoms with van der Waals surface area (Å²) in [6, 6.07) is 22.3. The smallest absolute Gasteiger partial charge is 0.195 e. The molecule has 4 nitrogen and oxygen atoms in total. The summed E-state index contributed by atoms with van der Waals surface area (Å²) in [6.07, 6.45) is 1.96. The molecular weight excluding hydrogens is 384 g/mol. The molecule has 5 heteroatoms. The van der Waals surface area contributed by atoms with Gasteiger partial charge in [-0.15, -0.1) is 0 Å². The molecule has 0 saturated heterocycles. The van der Waals surface area contributed by atoms with Crippen LogP contribution in [0.5, 0.6) is 11.5 Å². The van der Waals surface area contributed by atoms with Crippen molar-refractivity contribution in [1.82, 2.24) is 10.4 Å². The average molecular weight is 405 g/mol. The molecule has 0 amide bonds. The molecule has 29 heavy (non-hydrogen) atoms. The maximum absolute atomic E-state index is 6.39. The second-order valence-corrected chi connectivity index (χ2v) is 7.77. The van der Waals surface area contributed by atoms with Crippen LogP contribution in [0.3, 0.4) is 0 Å². The molecular formula is C24H21ClN2O2. The Morgan fingerprint density at radius 1 is 1.00 bits per heavy atom. The second-order valence-electron chi connectivity index (χ2n) is 7.34. The minimum atomic E-state index is -0.279. The summed E-state index contributed by atoms with van der Waals surface area (Å²) in [5.74, 6) is 1.67. The highest BCUT2D eigenvalue weighted by Gasteiger charge is 2.40. The van der Waals surface area contributed by atoms with E-state index in [-0.39, 0.29) is 12.3 Å². The topological polar surface area (TPSA) is 33.7 Å². The van der Waals surface area contributed by atoms with Gasteiger partial charge < -0.3 is 14.9 Å². The Morgan fingerprint density at radius 2 is 1.76 bits per heavy atom. The third kappa shape index (κ3) is 3.24. The summed E-state index contributed by atoms with van der Waals surface area (Å²) < 4.78 is 11.7. The van der Waals surface area contributed by atoms with Crippen molar-refractivity contribution < 1.29 is 9.47 Å². The molecule has 0 spiro atoms. The quantitative estimate of drug-likeness (QED) is 0.611. The molecule has 146 valence electrons. The van der Waals surface area contributed by atoms with Crippen molar-refractivity contribution in [2.75, 3.05) is 7.11 Å². The molecule has 1 N–H and O–H groups in total. The van der Waals surface area contributed by atoms with Crippen molar-refractivity contribution in [2.24, 2.45) is 0 Å². The fourth-order valence-corrected chi connectivity index (χ4v) is 4.03. The number of ether oxygens (including phenoxy) is 2. The van der Waals surface area contributed by atoms with Crippen molar-refractivity contribution in [3.63, 3.8) is 0 Å². The van der Waals surface area contributed by atoms with Gasteiger partial charge in [-0.2, -0.15) is 5.01 Å². The minimum absolute atomic E-state index is 0.0147. The highest BCUT2D eigenvalue weighted by Crippen LogP contribution is 2.46. The number of hydrogen-bond donors (Lipinski definition) is 1. The summed E-state index contributed by atoms with van der Waals surface area (Å²) in [7, 11) is 1.67. The van der Waals surface area contributed by atoms with E-state index in [1.165, 1.54) is 5.56 Å². The molecule has 2 atom stereocenters. The number of hydrazine groups is 1. The van der Waals surface area contributed by atoms with E-state index >= 15 is 0 Å². The zero-order valence-corrected chi connectivity index (χ0v) is 17.0. The molecule has 2 aliphatic rings. The number of hydrogen-bond acceptors (Lipinski definition) is 4. The van der Waals surface area contributed by atoms with Crippen LogP contribution in [0.1, 0.15) is 34.5 Å². The first-order chi connectivity index (χ1) is 14.1. The Labute approximate surface area is 175 Å². The molecule has 0 fully saturated rings. The SMILES string of the molecule is COc1ccc([C@@H]2Oc3ccc(Cl)cc3[C@H]3C=C(c4ccc(C)cc4)NN32)cc1. The molecule has 0 bridgehead atoms. The Bertz CT molecular complexity index is 1080. The number of rotatable bonds is 3. The third-order valence-corrected chi connectivity index (χ3v) is 5.65. The van der Waals surface area contributed by atoms with Crippen LogP contribution < -0.4 is 14.9 Å².